The zero-order valence-corrected chi connectivity index (χ0v) is 21.0. The van der Waals surface area contributed by atoms with Crippen molar-refractivity contribution in [1.29, 1.82) is 0 Å². The van der Waals surface area contributed by atoms with Crippen molar-refractivity contribution in [3.8, 4) is 0 Å². The molecule has 8 nitrogen and oxygen atoms in total. The van der Waals surface area contributed by atoms with Crippen LogP contribution in [0.3, 0.4) is 0 Å². The van der Waals surface area contributed by atoms with Crippen molar-refractivity contribution in [2.75, 3.05) is 26.7 Å². The van der Waals surface area contributed by atoms with E-state index in [-0.39, 0.29) is 30.2 Å². The molecule has 2 fully saturated rings. The van der Waals surface area contributed by atoms with Gasteiger partial charge in [-0.25, -0.2) is 0 Å². The Morgan fingerprint density at radius 2 is 1.75 bits per heavy atom. The van der Waals surface area contributed by atoms with Gasteiger partial charge in [0.05, 0.1) is 12.1 Å². The fourth-order valence-electron chi connectivity index (χ4n) is 4.87. The summed E-state index contributed by atoms with van der Waals surface area (Å²) in [6, 6.07) is 18.6. The van der Waals surface area contributed by atoms with Crippen molar-refractivity contribution in [3.05, 3.63) is 71.8 Å². The lowest BCUT2D eigenvalue weighted by Gasteiger charge is -2.34. The molecular formula is C28H36N4O4. The highest BCUT2D eigenvalue weighted by Crippen LogP contribution is 2.40. The third-order valence-electron chi connectivity index (χ3n) is 7.37. The average Bonchev–Trinajstić information content (AvgIpc) is 3.33. The van der Waals surface area contributed by atoms with Gasteiger partial charge in [-0.3, -0.25) is 14.4 Å². The number of hydrogen-bond donors (Lipinski definition) is 3. The second-order valence-electron chi connectivity index (χ2n) is 9.84. The number of benzene rings is 2. The molecule has 1 aliphatic heterocycles. The molecule has 3 N–H and O–H groups in total. The molecule has 0 aromatic heterocycles. The maximum absolute atomic E-state index is 13.6. The lowest BCUT2D eigenvalue weighted by Crippen LogP contribution is -2.58. The predicted molar refractivity (Wildman–Crippen MR) is 137 cm³/mol. The fourth-order valence-corrected chi connectivity index (χ4v) is 4.87. The number of aliphatic hydroxyl groups excluding tert-OH is 1. The maximum atomic E-state index is 13.6. The molecule has 1 saturated carbocycles. The van der Waals surface area contributed by atoms with E-state index in [1.54, 1.807) is 18.9 Å². The molecule has 2 unspecified atom stereocenters. The van der Waals surface area contributed by atoms with Crippen molar-refractivity contribution in [3.63, 3.8) is 0 Å². The number of nitrogens with one attached hydrogen (secondary N) is 2. The van der Waals surface area contributed by atoms with Gasteiger partial charge in [-0.1, -0.05) is 48.5 Å². The van der Waals surface area contributed by atoms with Gasteiger partial charge in [-0.05, 0) is 50.9 Å². The minimum atomic E-state index is -1.27. The van der Waals surface area contributed by atoms with Crippen LogP contribution in [0.15, 0.2) is 60.7 Å². The van der Waals surface area contributed by atoms with Crippen molar-refractivity contribution >= 4 is 17.7 Å². The van der Waals surface area contributed by atoms with Gasteiger partial charge in [0.15, 0.2) is 0 Å². The molecular weight excluding hydrogens is 456 g/mol. The summed E-state index contributed by atoms with van der Waals surface area (Å²) in [7, 11) is 1.67. The van der Waals surface area contributed by atoms with Crippen LogP contribution in [0.1, 0.15) is 42.1 Å². The van der Waals surface area contributed by atoms with Gasteiger partial charge >= 0.3 is 0 Å². The van der Waals surface area contributed by atoms with Crippen LogP contribution >= 0.6 is 0 Å². The Bertz CT molecular complexity index is 1060. The number of nitrogens with zero attached hydrogens (tertiary/aromatic N) is 2. The first-order valence-electron chi connectivity index (χ1n) is 12.7. The van der Waals surface area contributed by atoms with E-state index < -0.39 is 17.7 Å². The van der Waals surface area contributed by atoms with Crippen LogP contribution in [0.5, 0.6) is 0 Å². The second-order valence-corrected chi connectivity index (χ2v) is 9.84. The Labute approximate surface area is 212 Å². The molecule has 2 aliphatic rings. The van der Waals surface area contributed by atoms with Gasteiger partial charge in [0, 0.05) is 37.7 Å². The molecule has 36 heavy (non-hydrogen) atoms. The maximum Gasteiger partial charge on any atom is 0.253 e. The van der Waals surface area contributed by atoms with E-state index in [0.29, 0.717) is 31.6 Å². The number of likely N-dealkylation sites (N-methyl/N-ethyl adjacent to an activating group) is 1. The van der Waals surface area contributed by atoms with E-state index in [4.69, 9.17) is 0 Å². The Balaban J connectivity index is 1.50. The van der Waals surface area contributed by atoms with Crippen LogP contribution in [0.2, 0.25) is 0 Å². The van der Waals surface area contributed by atoms with Crippen LogP contribution in [0.4, 0.5) is 0 Å². The third kappa shape index (κ3) is 5.60. The zero-order chi connectivity index (χ0) is 25.7. The molecule has 8 heteroatoms. The lowest BCUT2D eigenvalue weighted by molar-refractivity contribution is -0.140. The molecule has 4 atom stereocenters. The SMILES string of the molecule is CN[C@@H](C)C(=O)NC1(C(=O)N2CCC[C@H]2CN(CCc2ccccc2)C(=O)c2ccccc2)CC1O. The smallest absolute Gasteiger partial charge is 0.253 e. The highest BCUT2D eigenvalue weighted by atomic mass is 16.3. The number of hydrogen-bond acceptors (Lipinski definition) is 5. The van der Waals surface area contributed by atoms with Crippen LogP contribution in [0.25, 0.3) is 0 Å². The third-order valence-corrected chi connectivity index (χ3v) is 7.37. The molecule has 1 saturated heterocycles. The summed E-state index contributed by atoms with van der Waals surface area (Å²) < 4.78 is 0. The zero-order valence-electron chi connectivity index (χ0n) is 21.0. The molecule has 192 valence electrons. The number of likely N-dealkylation sites (tertiary alicyclic amines) is 1. The highest BCUT2D eigenvalue weighted by Gasteiger charge is 2.63. The number of aliphatic hydroxyl groups is 1. The van der Waals surface area contributed by atoms with Crippen LogP contribution in [-0.2, 0) is 16.0 Å². The van der Waals surface area contributed by atoms with Crippen LogP contribution in [0, 0.1) is 0 Å². The molecule has 1 aliphatic carbocycles. The summed E-state index contributed by atoms with van der Waals surface area (Å²) in [6.07, 6.45) is 1.59. The fraction of sp³-hybridized carbons (Fsp3) is 0.464. The summed E-state index contributed by atoms with van der Waals surface area (Å²) in [5, 5.41) is 16.0. The van der Waals surface area contributed by atoms with Crippen molar-refractivity contribution in [2.24, 2.45) is 0 Å². The van der Waals surface area contributed by atoms with Gasteiger partial charge in [0.2, 0.25) is 5.91 Å². The van der Waals surface area contributed by atoms with Gasteiger partial charge in [0.25, 0.3) is 11.8 Å². The van der Waals surface area contributed by atoms with E-state index in [1.807, 2.05) is 65.6 Å². The Kier molecular flexibility index (Phi) is 8.06. The second kappa shape index (κ2) is 11.2. The standard InChI is InChI=1S/C28H36N4O4/c1-20(29-2)25(34)30-28(18-24(28)33)27(36)32-16-9-14-23(32)19-31(17-15-21-10-5-3-6-11-21)26(35)22-12-7-4-8-13-22/h3-8,10-13,20,23-24,29,33H,9,14-19H2,1-2H3,(H,30,34)/t20-,23-,24?,28?/m0/s1. The molecule has 1 heterocycles. The number of carbonyl (C=O) groups is 3. The van der Waals surface area contributed by atoms with E-state index in [2.05, 4.69) is 10.6 Å². The first kappa shape index (κ1) is 25.9. The first-order chi connectivity index (χ1) is 17.4. The number of amides is 3. The summed E-state index contributed by atoms with van der Waals surface area (Å²) in [5.41, 5.74) is 0.483. The number of rotatable bonds is 10. The highest BCUT2D eigenvalue weighted by molar-refractivity contribution is 5.97. The first-order valence-corrected chi connectivity index (χ1v) is 12.7. The molecule has 0 bridgehead atoms. The van der Waals surface area contributed by atoms with Crippen LogP contribution in [-0.4, -0.2) is 83.0 Å². The van der Waals surface area contributed by atoms with Crippen molar-refractivity contribution in [1.82, 2.24) is 20.4 Å². The topological polar surface area (TPSA) is 102 Å². The molecule has 0 spiro atoms. The lowest BCUT2D eigenvalue weighted by atomic mass is 10.1. The summed E-state index contributed by atoms with van der Waals surface area (Å²) >= 11 is 0. The summed E-state index contributed by atoms with van der Waals surface area (Å²) in [4.78, 5) is 43.2. The molecule has 2 aromatic rings. The van der Waals surface area contributed by atoms with E-state index in [0.717, 1.165) is 18.4 Å². The van der Waals surface area contributed by atoms with E-state index in [9.17, 15) is 19.5 Å². The van der Waals surface area contributed by atoms with Gasteiger partial charge in [-0.15, -0.1) is 0 Å². The Hall–Kier alpha value is -3.23. The Morgan fingerprint density at radius 1 is 1.11 bits per heavy atom. The van der Waals surface area contributed by atoms with Crippen LogP contribution < -0.4 is 10.6 Å². The normalized spacial score (nSPS) is 23.7. The molecule has 4 rings (SSSR count). The average molecular weight is 493 g/mol. The minimum absolute atomic E-state index is 0.0665. The van der Waals surface area contributed by atoms with Gasteiger partial charge in [-0.2, -0.15) is 0 Å². The summed E-state index contributed by atoms with van der Waals surface area (Å²) in [5.74, 6) is -0.644. The molecule has 3 amide bonds. The largest absolute Gasteiger partial charge is 0.390 e. The van der Waals surface area contributed by atoms with Crippen molar-refractivity contribution < 1.29 is 19.5 Å². The molecule has 0 radical (unpaired) electrons. The monoisotopic (exact) mass is 492 g/mol. The quantitative estimate of drug-likeness (QED) is 0.468. The Morgan fingerprint density at radius 3 is 2.36 bits per heavy atom. The van der Waals surface area contributed by atoms with Crippen molar-refractivity contribution in [2.45, 2.75) is 56.3 Å². The summed E-state index contributed by atoms with van der Waals surface area (Å²) in [6.45, 7) is 3.18. The van der Waals surface area contributed by atoms with E-state index in [1.165, 1.54) is 0 Å². The number of carbonyl (C=O) groups excluding carboxylic acids is 3. The minimum Gasteiger partial charge on any atom is -0.390 e. The van der Waals surface area contributed by atoms with Gasteiger partial charge < -0.3 is 25.5 Å². The van der Waals surface area contributed by atoms with E-state index >= 15 is 0 Å². The van der Waals surface area contributed by atoms with Gasteiger partial charge in [0.1, 0.15) is 5.54 Å². The predicted octanol–water partition coefficient (Wildman–Crippen LogP) is 1.59. The molecule has 2 aromatic carbocycles.